The Balaban J connectivity index is 2.37. The molecule has 17 heavy (non-hydrogen) atoms. The molecule has 1 aromatic rings. The van der Waals surface area contributed by atoms with Crippen LogP contribution in [0.25, 0.3) is 5.57 Å². The number of carbonyl (C=O) groups excluding carboxylic acids is 2. The maximum atomic E-state index is 12.7. The van der Waals surface area contributed by atoms with Crippen LogP contribution in [0.1, 0.15) is 5.56 Å². The lowest BCUT2D eigenvalue weighted by atomic mass is 9.92. The number of benzene rings is 1. The molecule has 0 saturated heterocycles. The van der Waals surface area contributed by atoms with Gasteiger partial charge >= 0.3 is 0 Å². The highest BCUT2D eigenvalue weighted by Gasteiger charge is 2.28. The molecule has 2 rings (SSSR count). The largest absolute Gasteiger partial charge is 0.369 e. The molecule has 0 radical (unpaired) electrons. The standard InChI is InChI=1S/C12H9FN2O2/c13-8-3-1-7(2-4-8)9-5-15-6-10(11(9)16)12(14)17/h1-6,10H,(H2,14,17). The second-order valence-corrected chi connectivity index (χ2v) is 3.59. The molecular weight excluding hydrogens is 223 g/mol. The van der Waals surface area contributed by atoms with Gasteiger partial charge in [-0.3, -0.25) is 14.6 Å². The number of allylic oxidation sites excluding steroid dienone is 1. The predicted molar refractivity (Wildman–Crippen MR) is 60.6 cm³/mol. The van der Waals surface area contributed by atoms with Crippen LogP contribution in [-0.2, 0) is 9.59 Å². The fourth-order valence-electron chi connectivity index (χ4n) is 1.55. The van der Waals surface area contributed by atoms with Crippen molar-refractivity contribution in [2.45, 2.75) is 0 Å². The van der Waals surface area contributed by atoms with Crippen molar-refractivity contribution >= 4 is 23.5 Å². The Morgan fingerprint density at radius 1 is 1.29 bits per heavy atom. The Bertz CT molecular complexity index is 532. The molecule has 1 atom stereocenters. The van der Waals surface area contributed by atoms with Gasteiger partial charge in [0.1, 0.15) is 11.7 Å². The van der Waals surface area contributed by atoms with Crippen LogP contribution in [0.15, 0.2) is 35.5 Å². The lowest BCUT2D eigenvalue weighted by Gasteiger charge is -2.13. The molecule has 5 heteroatoms. The first-order valence-corrected chi connectivity index (χ1v) is 4.92. The van der Waals surface area contributed by atoms with Crippen LogP contribution in [0.4, 0.5) is 4.39 Å². The first kappa shape index (κ1) is 11.2. The lowest BCUT2D eigenvalue weighted by Crippen LogP contribution is -2.33. The summed E-state index contributed by atoms with van der Waals surface area (Å²) in [6.07, 6.45) is 2.55. The second kappa shape index (κ2) is 4.29. The SMILES string of the molecule is NC(=O)C1C=NC=C(c2ccc(F)cc2)C1=O. The van der Waals surface area contributed by atoms with Gasteiger partial charge in [0.25, 0.3) is 0 Å². The van der Waals surface area contributed by atoms with Crippen LogP contribution < -0.4 is 5.73 Å². The van der Waals surface area contributed by atoms with Gasteiger partial charge in [-0.25, -0.2) is 4.39 Å². The minimum absolute atomic E-state index is 0.260. The monoisotopic (exact) mass is 232 g/mol. The van der Waals surface area contributed by atoms with Gasteiger partial charge in [0.05, 0.1) is 0 Å². The molecular formula is C12H9FN2O2. The van der Waals surface area contributed by atoms with E-state index in [4.69, 9.17) is 5.73 Å². The Morgan fingerprint density at radius 3 is 2.53 bits per heavy atom. The van der Waals surface area contributed by atoms with Crippen LogP contribution in [0.2, 0.25) is 0 Å². The van der Waals surface area contributed by atoms with Crippen molar-refractivity contribution in [2.75, 3.05) is 0 Å². The van der Waals surface area contributed by atoms with Gasteiger partial charge in [-0.05, 0) is 17.7 Å². The zero-order chi connectivity index (χ0) is 12.4. The molecule has 0 fully saturated rings. The molecule has 1 unspecified atom stereocenters. The zero-order valence-electron chi connectivity index (χ0n) is 8.76. The number of primary amides is 1. The summed E-state index contributed by atoms with van der Waals surface area (Å²) >= 11 is 0. The van der Waals surface area contributed by atoms with E-state index in [1.54, 1.807) is 0 Å². The van der Waals surface area contributed by atoms with Crippen LogP contribution in [-0.4, -0.2) is 17.9 Å². The van der Waals surface area contributed by atoms with Gasteiger partial charge in [0.2, 0.25) is 5.91 Å². The normalized spacial score (nSPS) is 19.0. The molecule has 0 aromatic heterocycles. The summed E-state index contributed by atoms with van der Waals surface area (Å²) in [6, 6.07) is 5.39. The minimum atomic E-state index is -1.04. The number of nitrogens with two attached hydrogens (primary N) is 1. The van der Waals surface area contributed by atoms with Gasteiger partial charge in [-0.1, -0.05) is 12.1 Å². The summed E-state index contributed by atoms with van der Waals surface area (Å²) in [4.78, 5) is 26.7. The Labute approximate surface area is 96.6 Å². The van der Waals surface area contributed by atoms with Crippen molar-refractivity contribution in [3.05, 3.63) is 41.8 Å². The molecule has 1 aliphatic heterocycles. The number of rotatable bonds is 2. The van der Waals surface area contributed by atoms with E-state index in [2.05, 4.69) is 4.99 Å². The van der Waals surface area contributed by atoms with Crippen molar-refractivity contribution in [3.8, 4) is 0 Å². The van der Waals surface area contributed by atoms with E-state index in [0.717, 1.165) is 0 Å². The Hall–Kier alpha value is -2.30. The van der Waals surface area contributed by atoms with E-state index in [-0.39, 0.29) is 5.57 Å². The lowest BCUT2D eigenvalue weighted by molar-refractivity contribution is -0.126. The number of halogens is 1. The highest BCUT2D eigenvalue weighted by Crippen LogP contribution is 2.22. The number of carbonyl (C=O) groups is 2. The predicted octanol–water partition coefficient (Wildman–Crippen LogP) is 0.922. The van der Waals surface area contributed by atoms with Crippen molar-refractivity contribution in [1.82, 2.24) is 0 Å². The third kappa shape index (κ3) is 2.13. The minimum Gasteiger partial charge on any atom is -0.369 e. The van der Waals surface area contributed by atoms with Crippen molar-refractivity contribution in [2.24, 2.45) is 16.6 Å². The van der Waals surface area contributed by atoms with Crippen LogP contribution in [0, 0.1) is 11.7 Å². The van der Waals surface area contributed by atoms with Gasteiger partial charge in [0.15, 0.2) is 5.78 Å². The fraction of sp³-hybridized carbons (Fsp3) is 0.0833. The zero-order valence-corrected chi connectivity index (χ0v) is 8.76. The van der Waals surface area contributed by atoms with E-state index in [1.807, 2.05) is 0 Å². The van der Waals surface area contributed by atoms with Crippen LogP contribution in [0.3, 0.4) is 0 Å². The van der Waals surface area contributed by atoms with Gasteiger partial charge in [0, 0.05) is 18.0 Å². The highest BCUT2D eigenvalue weighted by atomic mass is 19.1. The molecule has 0 spiro atoms. The summed E-state index contributed by atoms with van der Waals surface area (Å²) in [7, 11) is 0. The molecule has 86 valence electrons. The average molecular weight is 232 g/mol. The first-order valence-electron chi connectivity index (χ1n) is 4.92. The van der Waals surface area contributed by atoms with Gasteiger partial charge < -0.3 is 5.73 Å². The maximum Gasteiger partial charge on any atom is 0.233 e. The molecule has 0 saturated carbocycles. The van der Waals surface area contributed by atoms with Crippen LogP contribution in [0.5, 0.6) is 0 Å². The molecule has 2 N–H and O–H groups in total. The smallest absolute Gasteiger partial charge is 0.233 e. The summed E-state index contributed by atoms with van der Waals surface area (Å²) < 4.78 is 12.7. The van der Waals surface area contributed by atoms with Gasteiger partial charge in [-0.2, -0.15) is 0 Å². The summed E-state index contributed by atoms with van der Waals surface area (Å²) in [5.74, 6) is -2.60. The summed E-state index contributed by atoms with van der Waals surface area (Å²) in [5, 5.41) is 0. The maximum absolute atomic E-state index is 12.7. The number of aliphatic imine (C=N–C) groups is 1. The number of ketones is 1. The van der Waals surface area contributed by atoms with E-state index in [1.165, 1.54) is 36.7 Å². The second-order valence-electron chi connectivity index (χ2n) is 3.59. The van der Waals surface area contributed by atoms with Crippen molar-refractivity contribution in [3.63, 3.8) is 0 Å². The summed E-state index contributed by atoms with van der Waals surface area (Å²) in [6.45, 7) is 0. The molecule has 0 bridgehead atoms. The quantitative estimate of drug-likeness (QED) is 0.770. The number of Topliss-reactive ketones (excluding diaryl/α,β-unsaturated/α-hetero) is 1. The van der Waals surface area contributed by atoms with E-state index in [0.29, 0.717) is 5.56 Å². The number of hydrogen-bond acceptors (Lipinski definition) is 3. The number of amides is 1. The molecule has 1 amide bonds. The van der Waals surface area contributed by atoms with Crippen LogP contribution >= 0.6 is 0 Å². The molecule has 1 aromatic carbocycles. The molecule has 1 aliphatic rings. The average Bonchev–Trinajstić information content (AvgIpc) is 2.30. The highest BCUT2D eigenvalue weighted by molar-refractivity contribution is 6.33. The fourth-order valence-corrected chi connectivity index (χ4v) is 1.55. The molecule has 4 nitrogen and oxygen atoms in total. The topological polar surface area (TPSA) is 72.5 Å². The van der Waals surface area contributed by atoms with Crippen molar-refractivity contribution in [1.29, 1.82) is 0 Å². The number of hydrogen-bond donors (Lipinski definition) is 1. The third-order valence-corrected chi connectivity index (χ3v) is 2.45. The molecule has 1 heterocycles. The van der Waals surface area contributed by atoms with E-state index >= 15 is 0 Å². The Morgan fingerprint density at radius 2 is 1.94 bits per heavy atom. The first-order chi connectivity index (χ1) is 8.09. The number of nitrogens with zero attached hydrogens (tertiary/aromatic N) is 1. The summed E-state index contributed by atoms with van der Waals surface area (Å²) in [5.41, 5.74) is 5.86. The van der Waals surface area contributed by atoms with Crippen molar-refractivity contribution < 1.29 is 14.0 Å². The van der Waals surface area contributed by atoms with E-state index in [9.17, 15) is 14.0 Å². The Kier molecular flexibility index (Phi) is 2.82. The van der Waals surface area contributed by atoms with Gasteiger partial charge in [-0.15, -0.1) is 0 Å². The third-order valence-electron chi connectivity index (χ3n) is 2.45. The van der Waals surface area contributed by atoms with E-state index < -0.39 is 23.4 Å². The molecule has 0 aliphatic carbocycles.